The first-order valence-corrected chi connectivity index (χ1v) is 6.97. The Morgan fingerprint density at radius 2 is 2.00 bits per heavy atom. The summed E-state index contributed by atoms with van der Waals surface area (Å²) < 4.78 is 0. The Hall–Kier alpha value is -1.49. The van der Waals surface area contributed by atoms with Gasteiger partial charge in [0, 0.05) is 5.56 Å². The van der Waals surface area contributed by atoms with Crippen LogP contribution in [0.2, 0.25) is 0 Å². The summed E-state index contributed by atoms with van der Waals surface area (Å²) in [5, 5.41) is 11.6. The Kier molecular flexibility index (Phi) is 6.28. The van der Waals surface area contributed by atoms with E-state index in [4.69, 9.17) is 5.11 Å². The van der Waals surface area contributed by atoms with Crippen molar-refractivity contribution in [1.29, 1.82) is 0 Å². The molecule has 0 unspecified atom stereocenters. The zero-order valence-electron chi connectivity index (χ0n) is 10.3. The summed E-state index contributed by atoms with van der Waals surface area (Å²) in [5.41, 5.74) is 0.479. The molecule has 1 rings (SSSR count). The molecule has 18 heavy (non-hydrogen) atoms. The van der Waals surface area contributed by atoms with Gasteiger partial charge in [0.05, 0.1) is 0 Å². The molecule has 0 saturated carbocycles. The van der Waals surface area contributed by atoms with Crippen molar-refractivity contribution in [3.05, 3.63) is 35.9 Å². The molecule has 1 aromatic rings. The number of rotatable bonds is 7. The Bertz CT molecular complexity index is 394. The molecule has 0 aromatic heterocycles. The highest BCUT2D eigenvalue weighted by Crippen LogP contribution is 2.06. The van der Waals surface area contributed by atoms with E-state index < -0.39 is 12.0 Å². The lowest BCUT2D eigenvalue weighted by Gasteiger charge is -2.14. The molecule has 4 nitrogen and oxygen atoms in total. The standard InChI is InChI=1S/C13H17NO3S/c1-2-18-9-8-11(13(16)17)14-12(15)10-6-4-3-5-7-10/h3-7,11H,2,8-9H2,1H3,(H,14,15)(H,16,17)/t11-/m0/s1. The molecular weight excluding hydrogens is 250 g/mol. The summed E-state index contributed by atoms with van der Waals surface area (Å²) >= 11 is 1.66. The average molecular weight is 267 g/mol. The second kappa shape index (κ2) is 7.76. The molecule has 2 N–H and O–H groups in total. The number of nitrogens with one attached hydrogen (secondary N) is 1. The molecule has 0 aliphatic carbocycles. The van der Waals surface area contributed by atoms with Crippen LogP contribution in [-0.2, 0) is 4.79 Å². The molecule has 0 saturated heterocycles. The van der Waals surface area contributed by atoms with Crippen molar-refractivity contribution in [2.24, 2.45) is 0 Å². The topological polar surface area (TPSA) is 66.4 Å². The molecule has 0 aliphatic heterocycles. The number of carbonyl (C=O) groups is 2. The minimum absolute atomic E-state index is 0.343. The van der Waals surface area contributed by atoms with Crippen molar-refractivity contribution in [3.8, 4) is 0 Å². The molecule has 1 aromatic carbocycles. The van der Waals surface area contributed by atoms with Crippen molar-refractivity contribution < 1.29 is 14.7 Å². The van der Waals surface area contributed by atoms with Crippen molar-refractivity contribution in [2.75, 3.05) is 11.5 Å². The lowest BCUT2D eigenvalue weighted by molar-refractivity contribution is -0.139. The number of carboxylic acid groups (broad SMARTS) is 1. The number of carbonyl (C=O) groups excluding carboxylic acids is 1. The highest BCUT2D eigenvalue weighted by molar-refractivity contribution is 7.99. The lowest BCUT2D eigenvalue weighted by atomic mass is 10.1. The number of thioether (sulfide) groups is 1. The molecule has 0 heterocycles. The molecule has 0 spiro atoms. The van der Waals surface area contributed by atoms with Crippen LogP contribution in [0, 0.1) is 0 Å². The van der Waals surface area contributed by atoms with E-state index in [2.05, 4.69) is 5.32 Å². The predicted molar refractivity (Wildman–Crippen MR) is 72.9 cm³/mol. The van der Waals surface area contributed by atoms with E-state index in [-0.39, 0.29) is 5.91 Å². The first kappa shape index (κ1) is 14.6. The first-order valence-electron chi connectivity index (χ1n) is 5.81. The monoisotopic (exact) mass is 267 g/mol. The maximum absolute atomic E-state index is 11.8. The van der Waals surface area contributed by atoms with Crippen LogP contribution in [0.15, 0.2) is 30.3 Å². The fourth-order valence-electron chi connectivity index (χ4n) is 1.43. The summed E-state index contributed by atoms with van der Waals surface area (Å²) in [7, 11) is 0. The molecule has 1 atom stereocenters. The summed E-state index contributed by atoms with van der Waals surface area (Å²) in [6, 6.07) is 7.81. The third-order valence-corrected chi connectivity index (χ3v) is 3.33. The fourth-order valence-corrected chi connectivity index (χ4v) is 2.13. The molecule has 1 amide bonds. The zero-order chi connectivity index (χ0) is 13.4. The van der Waals surface area contributed by atoms with Gasteiger partial charge >= 0.3 is 5.97 Å². The molecule has 0 radical (unpaired) electrons. The quantitative estimate of drug-likeness (QED) is 0.742. The van der Waals surface area contributed by atoms with Gasteiger partial charge in [-0.3, -0.25) is 4.79 Å². The highest BCUT2D eigenvalue weighted by Gasteiger charge is 2.19. The Morgan fingerprint density at radius 1 is 1.33 bits per heavy atom. The van der Waals surface area contributed by atoms with E-state index >= 15 is 0 Å². The van der Waals surface area contributed by atoms with Crippen molar-refractivity contribution in [1.82, 2.24) is 5.32 Å². The Labute approximate surface area is 111 Å². The normalized spacial score (nSPS) is 11.8. The van der Waals surface area contributed by atoms with E-state index in [9.17, 15) is 9.59 Å². The van der Waals surface area contributed by atoms with Crippen LogP contribution >= 0.6 is 11.8 Å². The van der Waals surface area contributed by atoms with Crippen molar-refractivity contribution >= 4 is 23.6 Å². The number of aliphatic carboxylic acids is 1. The highest BCUT2D eigenvalue weighted by atomic mass is 32.2. The summed E-state index contributed by atoms with van der Waals surface area (Å²) in [4.78, 5) is 22.8. The second-order valence-electron chi connectivity index (χ2n) is 3.72. The molecule has 0 aliphatic rings. The molecule has 5 heteroatoms. The van der Waals surface area contributed by atoms with Gasteiger partial charge < -0.3 is 10.4 Å². The third-order valence-electron chi connectivity index (χ3n) is 2.39. The van der Waals surface area contributed by atoms with Crippen molar-refractivity contribution in [3.63, 3.8) is 0 Å². The zero-order valence-corrected chi connectivity index (χ0v) is 11.1. The molecular formula is C13H17NO3S. The summed E-state index contributed by atoms with van der Waals surface area (Å²) in [6.07, 6.45) is 0.437. The molecule has 98 valence electrons. The number of benzene rings is 1. The van der Waals surface area contributed by atoms with Gasteiger partial charge in [-0.15, -0.1) is 0 Å². The van der Waals surface area contributed by atoms with Gasteiger partial charge in [-0.2, -0.15) is 11.8 Å². The Morgan fingerprint density at radius 3 is 2.56 bits per heavy atom. The van der Waals surface area contributed by atoms with E-state index in [1.54, 1.807) is 36.0 Å². The van der Waals surface area contributed by atoms with E-state index in [1.165, 1.54) is 0 Å². The number of carboxylic acids is 1. The van der Waals surface area contributed by atoms with Gasteiger partial charge in [0.25, 0.3) is 5.91 Å². The van der Waals surface area contributed by atoms with Gasteiger partial charge in [-0.1, -0.05) is 25.1 Å². The van der Waals surface area contributed by atoms with Gasteiger partial charge in [0.1, 0.15) is 6.04 Å². The maximum Gasteiger partial charge on any atom is 0.326 e. The lowest BCUT2D eigenvalue weighted by Crippen LogP contribution is -2.41. The molecule has 0 bridgehead atoms. The maximum atomic E-state index is 11.8. The van der Waals surface area contributed by atoms with Crippen LogP contribution in [0.3, 0.4) is 0 Å². The minimum atomic E-state index is -0.990. The van der Waals surface area contributed by atoms with Gasteiger partial charge in [0.15, 0.2) is 0 Å². The van der Waals surface area contributed by atoms with Crippen LogP contribution in [0.1, 0.15) is 23.7 Å². The third kappa shape index (κ3) is 4.79. The second-order valence-corrected chi connectivity index (χ2v) is 5.11. The first-order chi connectivity index (χ1) is 8.65. The van der Waals surface area contributed by atoms with Crippen molar-refractivity contribution in [2.45, 2.75) is 19.4 Å². The predicted octanol–water partition coefficient (Wildman–Crippen LogP) is 2.01. The van der Waals surface area contributed by atoms with Crippen LogP contribution in [0.5, 0.6) is 0 Å². The Balaban J connectivity index is 2.55. The van der Waals surface area contributed by atoms with E-state index in [0.717, 1.165) is 11.5 Å². The van der Waals surface area contributed by atoms with E-state index in [0.29, 0.717) is 12.0 Å². The van der Waals surface area contributed by atoms with Crippen LogP contribution < -0.4 is 5.32 Å². The minimum Gasteiger partial charge on any atom is -0.480 e. The largest absolute Gasteiger partial charge is 0.480 e. The number of amides is 1. The van der Waals surface area contributed by atoms with Gasteiger partial charge in [-0.25, -0.2) is 4.79 Å². The van der Waals surface area contributed by atoms with Gasteiger partial charge in [0.2, 0.25) is 0 Å². The fraction of sp³-hybridized carbons (Fsp3) is 0.385. The van der Waals surface area contributed by atoms with Crippen LogP contribution in [-0.4, -0.2) is 34.5 Å². The SMILES string of the molecule is CCSCC[C@H](NC(=O)c1ccccc1)C(=O)O. The van der Waals surface area contributed by atoms with Gasteiger partial charge in [-0.05, 0) is 30.1 Å². The van der Waals surface area contributed by atoms with Crippen LogP contribution in [0.25, 0.3) is 0 Å². The average Bonchev–Trinajstić information content (AvgIpc) is 2.38. The number of hydrogen-bond donors (Lipinski definition) is 2. The number of hydrogen-bond acceptors (Lipinski definition) is 3. The smallest absolute Gasteiger partial charge is 0.326 e. The van der Waals surface area contributed by atoms with E-state index in [1.807, 2.05) is 13.0 Å². The summed E-state index contributed by atoms with van der Waals surface area (Å²) in [6.45, 7) is 2.02. The van der Waals surface area contributed by atoms with Crippen LogP contribution in [0.4, 0.5) is 0 Å². The summed E-state index contributed by atoms with van der Waals surface area (Å²) in [5.74, 6) is 0.335. The molecule has 0 fully saturated rings.